The number of rotatable bonds is 2. The number of hydrogen-bond acceptors (Lipinski definition) is 0. The molecule has 0 amide bonds. The molecule has 0 heterocycles. The Kier molecular flexibility index (Phi) is 3.31. The van der Waals surface area contributed by atoms with Gasteiger partial charge in [0.1, 0.15) is 5.29 Å². The standard InChI is InChI=1S/C4H9Cl2FSi/c1-3-4(2,7)8(5)6/h8H,3H2,1-2H3. The van der Waals surface area contributed by atoms with Crippen LogP contribution in [0.2, 0.25) is 0 Å². The summed E-state index contributed by atoms with van der Waals surface area (Å²) < 4.78 is 12.7. The van der Waals surface area contributed by atoms with Gasteiger partial charge in [-0.3, -0.25) is 0 Å². The first kappa shape index (κ1) is 8.73. The molecule has 0 aromatic carbocycles. The van der Waals surface area contributed by atoms with E-state index in [-0.39, 0.29) is 0 Å². The summed E-state index contributed by atoms with van der Waals surface area (Å²) in [6, 6.07) is 0. The summed E-state index contributed by atoms with van der Waals surface area (Å²) in [4.78, 5) is 0. The van der Waals surface area contributed by atoms with Crippen molar-refractivity contribution in [2.75, 3.05) is 0 Å². The lowest BCUT2D eigenvalue weighted by molar-refractivity contribution is 0.292. The molecule has 0 bridgehead atoms. The summed E-state index contributed by atoms with van der Waals surface area (Å²) in [5, 5.41) is -1.29. The van der Waals surface area contributed by atoms with Gasteiger partial charge < -0.3 is 0 Å². The molecule has 0 aromatic heterocycles. The van der Waals surface area contributed by atoms with Crippen LogP contribution in [0.1, 0.15) is 20.3 Å². The van der Waals surface area contributed by atoms with Gasteiger partial charge in [0, 0.05) is 0 Å². The maximum absolute atomic E-state index is 12.7. The molecule has 50 valence electrons. The van der Waals surface area contributed by atoms with Crippen molar-refractivity contribution >= 4 is 29.6 Å². The van der Waals surface area contributed by atoms with Crippen LogP contribution in [0.4, 0.5) is 4.39 Å². The molecule has 1 unspecified atom stereocenters. The van der Waals surface area contributed by atoms with Gasteiger partial charge in [0.05, 0.1) is 0 Å². The van der Waals surface area contributed by atoms with E-state index in [1.165, 1.54) is 6.92 Å². The summed E-state index contributed by atoms with van der Waals surface area (Å²) in [5.74, 6) is 0. The summed E-state index contributed by atoms with van der Waals surface area (Å²) in [6.07, 6.45) is 0.414. The van der Waals surface area contributed by atoms with Crippen molar-refractivity contribution in [3.63, 3.8) is 0 Å². The zero-order valence-electron chi connectivity index (χ0n) is 4.92. The van der Waals surface area contributed by atoms with E-state index in [1.54, 1.807) is 6.92 Å². The second kappa shape index (κ2) is 3.04. The van der Waals surface area contributed by atoms with E-state index >= 15 is 0 Å². The molecule has 0 N–H and O–H groups in total. The fraction of sp³-hybridized carbons (Fsp3) is 1.00. The number of halogens is 3. The minimum Gasteiger partial charge on any atom is -0.245 e. The monoisotopic (exact) mass is 174 g/mol. The fourth-order valence-corrected chi connectivity index (χ4v) is 1.39. The van der Waals surface area contributed by atoms with Crippen LogP contribution in [0.5, 0.6) is 0 Å². The van der Waals surface area contributed by atoms with Crippen molar-refractivity contribution in [3.8, 4) is 0 Å². The molecule has 0 saturated heterocycles. The molecule has 0 aliphatic rings. The van der Waals surface area contributed by atoms with E-state index in [1.807, 2.05) is 0 Å². The molecule has 1 atom stereocenters. The molecule has 0 radical (unpaired) electrons. The van der Waals surface area contributed by atoms with Crippen molar-refractivity contribution in [1.29, 1.82) is 0 Å². The molecule has 0 aliphatic carbocycles. The first-order chi connectivity index (χ1) is 3.50. The van der Waals surface area contributed by atoms with E-state index < -0.39 is 12.7 Å². The Morgan fingerprint density at radius 3 is 2.00 bits per heavy atom. The summed E-state index contributed by atoms with van der Waals surface area (Å²) in [7, 11) is -2.10. The van der Waals surface area contributed by atoms with Crippen molar-refractivity contribution in [1.82, 2.24) is 0 Å². The molecule has 0 aromatic rings. The van der Waals surface area contributed by atoms with Gasteiger partial charge >= 0.3 is 0 Å². The molecule has 8 heavy (non-hydrogen) atoms. The largest absolute Gasteiger partial charge is 0.273 e. The molecule has 0 saturated carbocycles. The summed E-state index contributed by atoms with van der Waals surface area (Å²) in [6.45, 7) is 3.19. The minimum absolute atomic E-state index is 0.414. The molecule has 0 spiro atoms. The maximum Gasteiger partial charge on any atom is 0.273 e. The van der Waals surface area contributed by atoms with Crippen molar-refractivity contribution in [3.05, 3.63) is 0 Å². The van der Waals surface area contributed by atoms with Crippen LogP contribution in [-0.2, 0) is 0 Å². The highest BCUT2D eigenvalue weighted by Crippen LogP contribution is 2.23. The van der Waals surface area contributed by atoms with Gasteiger partial charge in [-0.1, -0.05) is 6.92 Å². The molecule has 4 heteroatoms. The van der Waals surface area contributed by atoms with Gasteiger partial charge in [-0.25, -0.2) is 4.39 Å². The highest BCUT2D eigenvalue weighted by molar-refractivity contribution is 7.34. The van der Waals surface area contributed by atoms with Crippen LogP contribution < -0.4 is 0 Å². The normalized spacial score (nSPS) is 18.8. The highest BCUT2D eigenvalue weighted by Gasteiger charge is 2.30. The Bertz CT molecular complexity index is 74.4. The van der Waals surface area contributed by atoms with Gasteiger partial charge in [0.25, 0.3) is 7.42 Å². The van der Waals surface area contributed by atoms with Crippen LogP contribution in [0, 0.1) is 0 Å². The number of hydrogen-bond donors (Lipinski definition) is 0. The van der Waals surface area contributed by atoms with Crippen LogP contribution in [-0.4, -0.2) is 12.7 Å². The third kappa shape index (κ3) is 2.33. The first-order valence-corrected chi connectivity index (χ1v) is 6.54. The van der Waals surface area contributed by atoms with Gasteiger partial charge in [-0.15, -0.1) is 22.2 Å². The van der Waals surface area contributed by atoms with Gasteiger partial charge in [0.2, 0.25) is 0 Å². The highest BCUT2D eigenvalue weighted by atomic mass is 35.7. The summed E-state index contributed by atoms with van der Waals surface area (Å²) in [5.41, 5.74) is 0. The van der Waals surface area contributed by atoms with Crippen molar-refractivity contribution in [2.24, 2.45) is 0 Å². The minimum atomic E-state index is -2.10. The zero-order chi connectivity index (χ0) is 6.78. The van der Waals surface area contributed by atoms with E-state index in [4.69, 9.17) is 22.2 Å². The third-order valence-electron chi connectivity index (χ3n) is 1.15. The quantitative estimate of drug-likeness (QED) is 0.446. The van der Waals surface area contributed by atoms with E-state index in [2.05, 4.69) is 0 Å². The number of alkyl halides is 1. The predicted molar refractivity (Wildman–Crippen MR) is 38.7 cm³/mol. The van der Waals surface area contributed by atoms with Crippen LogP contribution in [0.15, 0.2) is 0 Å². The van der Waals surface area contributed by atoms with Crippen LogP contribution in [0.25, 0.3) is 0 Å². The predicted octanol–water partition coefficient (Wildman–Crippen LogP) is 2.36. The Labute approximate surface area is 60.0 Å². The molecule has 0 rings (SSSR count). The lowest BCUT2D eigenvalue weighted by Crippen LogP contribution is -2.29. The van der Waals surface area contributed by atoms with Gasteiger partial charge in [-0.05, 0) is 13.3 Å². The summed E-state index contributed by atoms with van der Waals surface area (Å²) >= 11 is 10.8. The third-order valence-corrected chi connectivity index (χ3v) is 5.19. The molecular weight excluding hydrogens is 166 g/mol. The second-order valence-corrected chi connectivity index (χ2v) is 7.03. The Balaban J connectivity index is 3.71. The van der Waals surface area contributed by atoms with Crippen LogP contribution in [0.3, 0.4) is 0 Å². The topological polar surface area (TPSA) is 0 Å². The average Bonchev–Trinajstić information content (AvgIpc) is 1.67. The van der Waals surface area contributed by atoms with Crippen molar-refractivity contribution in [2.45, 2.75) is 25.6 Å². The lowest BCUT2D eigenvalue weighted by atomic mass is 10.3. The Hall–Kier alpha value is 0.727. The van der Waals surface area contributed by atoms with Gasteiger partial charge in [-0.2, -0.15) is 0 Å². The Morgan fingerprint density at radius 2 is 2.00 bits per heavy atom. The fourth-order valence-electron chi connectivity index (χ4n) is 0.154. The first-order valence-electron chi connectivity index (χ1n) is 2.47. The average molecular weight is 175 g/mol. The smallest absolute Gasteiger partial charge is 0.245 e. The maximum atomic E-state index is 12.7. The zero-order valence-corrected chi connectivity index (χ0v) is 7.58. The second-order valence-electron chi connectivity index (χ2n) is 1.93. The van der Waals surface area contributed by atoms with Gasteiger partial charge in [0.15, 0.2) is 0 Å². The SMILES string of the molecule is CCC(C)(F)[SiH](Cl)Cl. The van der Waals surface area contributed by atoms with E-state index in [0.717, 1.165) is 0 Å². The van der Waals surface area contributed by atoms with E-state index in [0.29, 0.717) is 6.42 Å². The molecule has 0 fully saturated rings. The lowest BCUT2D eigenvalue weighted by Gasteiger charge is -2.16. The molecule has 0 aliphatic heterocycles. The molecule has 0 nitrogen and oxygen atoms in total. The molecular formula is C4H9Cl2FSi. The van der Waals surface area contributed by atoms with E-state index in [9.17, 15) is 4.39 Å². The van der Waals surface area contributed by atoms with Crippen LogP contribution >= 0.6 is 22.2 Å². The Morgan fingerprint density at radius 1 is 1.62 bits per heavy atom. The van der Waals surface area contributed by atoms with Crippen molar-refractivity contribution < 1.29 is 4.39 Å².